The van der Waals surface area contributed by atoms with Gasteiger partial charge in [0.1, 0.15) is 17.8 Å². The van der Waals surface area contributed by atoms with Crippen LogP contribution in [0, 0.1) is 18.7 Å². The number of aliphatic imine (C=N–C) groups is 1. The van der Waals surface area contributed by atoms with E-state index in [1.165, 1.54) is 28.8 Å². The summed E-state index contributed by atoms with van der Waals surface area (Å²) in [6.45, 7) is 8.20. The molecule has 0 radical (unpaired) electrons. The Morgan fingerprint density at radius 2 is 2.08 bits per heavy atom. The summed E-state index contributed by atoms with van der Waals surface area (Å²) in [5.74, 6) is 1.42. The van der Waals surface area contributed by atoms with Gasteiger partial charge in [0.2, 0.25) is 4.96 Å². The molecule has 1 atom stereocenters. The van der Waals surface area contributed by atoms with Crippen LogP contribution in [0.15, 0.2) is 53.3 Å². The Hall–Kier alpha value is -3.00. The van der Waals surface area contributed by atoms with Crippen LogP contribution >= 0.6 is 11.3 Å². The molecule has 0 saturated carbocycles. The van der Waals surface area contributed by atoms with Gasteiger partial charge in [0.25, 0.3) is 5.19 Å². The number of benzene rings is 1. The third kappa shape index (κ3) is 5.53. The largest absolute Gasteiger partial charge is 0.466 e. The Bertz CT molecular complexity index is 1270. The normalized spacial score (nSPS) is 20.7. The first-order valence-electron chi connectivity index (χ1n) is 13.0. The van der Waals surface area contributed by atoms with Gasteiger partial charge >= 0.3 is 0 Å². The van der Waals surface area contributed by atoms with E-state index in [1.54, 1.807) is 16.8 Å². The maximum atomic E-state index is 14.4. The molecule has 0 unspecified atom stereocenters. The van der Waals surface area contributed by atoms with E-state index < -0.39 is 0 Å². The summed E-state index contributed by atoms with van der Waals surface area (Å²) in [4.78, 5) is 12.6. The molecule has 2 aliphatic heterocycles. The van der Waals surface area contributed by atoms with Crippen molar-refractivity contribution in [3.05, 3.63) is 59.7 Å². The van der Waals surface area contributed by atoms with Crippen molar-refractivity contribution in [2.45, 2.75) is 65.4 Å². The summed E-state index contributed by atoms with van der Waals surface area (Å²) in [7, 11) is 0. The van der Waals surface area contributed by atoms with Crippen LogP contribution in [0.3, 0.4) is 0 Å². The van der Waals surface area contributed by atoms with Crippen LogP contribution in [0.25, 0.3) is 16.2 Å². The number of halogens is 1. The molecule has 36 heavy (non-hydrogen) atoms. The Balaban J connectivity index is 1.19. The van der Waals surface area contributed by atoms with E-state index >= 15 is 0 Å². The molecule has 5 rings (SSSR count). The zero-order valence-corrected chi connectivity index (χ0v) is 22.1. The van der Waals surface area contributed by atoms with Gasteiger partial charge in [0, 0.05) is 31.3 Å². The number of fused-ring (bicyclic) bond motifs is 1. The predicted octanol–water partition coefficient (Wildman–Crippen LogP) is 6.82. The van der Waals surface area contributed by atoms with Gasteiger partial charge in [0.05, 0.1) is 11.9 Å². The molecule has 190 valence electrons. The number of imidazole rings is 1. The van der Waals surface area contributed by atoms with E-state index in [1.807, 2.05) is 19.2 Å². The summed E-state index contributed by atoms with van der Waals surface area (Å²) in [6.07, 6.45) is 14.8. The van der Waals surface area contributed by atoms with Crippen molar-refractivity contribution in [3.8, 4) is 16.5 Å². The molecule has 8 heteroatoms. The van der Waals surface area contributed by atoms with Gasteiger partial charge in [-0.3, -0.25) is 0 Å². The zero-order valence-electron chi connectivity index (χ0n) is 21.3. The summed E-state index contributed by atoms with van der Waals surface area (Å²) in [6, 6.07) is 5.18. The van der Waals surface area contributed by atoms with E-state index in [2.05, 4.69) is 41.0 Å². The number of aromatic nitrogens is 3. The fourth-order valence-corrected chi connectivity index (χ4v) is 5.71. The van der Waals surface area contributed by atoms with Crippen LogP contribution in [0.5, 0.6) is 5.19 Å². The van der Waals surface area contributed by atoms with E-state index in [0.29, 0.717) is 27.3 Å². The van der Waals surface area contributed by atoms with Crippen molar-refractivity contribution in [2.75, 3.05) is 13.1 Å². The quantitative estimate of drug-likeness (QED) is 0.380. The van der Waals surface area contributed by atoms with Crippen molar-refractivity contribution in [1.29, 1.82) is 0 Å². The number of amidine groups is 1. The third-order valence-corrected chi connectivity index (χ3v) is 7.98. The molecule has 6 nitrogen and oxygen atoms in total. The minimum atomic E-state index is -0.267. The topological polar surface area (TPSA) is 55.0 Å². The highest BCUT2D eigenvalue weighted by Gasteiger charge is 2.27. The lowest BCUT2D eigenvalue weighted by atomic mass is 9.92. The van der Waals surface area contributed by atoms with Gasteiger partial charge in [0.15, 0.2) is 0 Å². The van der Waals surface area contributed by atoms with Gasteiger partial charge in [-0.05, 0) is 86.5 Å². The van der Waals surface area contributed by atoms with Crippen LogP contribution in [-0.4, -0.2) is 44.5 Å². The van der Waals surface area contributed by atoms with Gasteiger partial charge in [-0.25, -0.2) is 18.9 Å². The van der Waals surface area contributed by atoms with Crippen LogP contribution < -0.4 is 4.74 Å². The van der Waals surface area contributed by atoms with E-state index in [4.69, 9.17) is 9.73 Å². The summed E-state index contributed by atoms with van der Waals surface area (Å²) in [5.41, 5.74) is 3.25. The minimum Gasteiger partial charge on any atom is -0.466 e. The third-order valence-electron chi connectivity index (χ3n) is 7.17. The van der Waals surface area contributed by atoms with Crippen molar-refractivity contribution in [1.82, 2.24) is 19.5 Å². The second kappa shape index (κ2) is 10.9. The number of likely N-dealkylation sites (tertiary alicyclic amines) is 1. The van der Waals surface area contributed by atoms with Crippen LogP contribution in [0.2, 0.25) is 0 Å². The first kappa shape index (κ1) is 24.7. The van der Waals surface area contributed by atoms with Crippen molar-refractivity contribution < 1.29 is 9.13 Å². The first-order chi connectivity index (χ1) is 17.5. The second-order valence-electron chi connectivity index (χ2n) is 9.75. The molecule has 0 N–H and O–H groups in total. The Kier molecular flexibility index (Phi) is 7.51. The molecule has 1 fully saturated rings. The number of hydrogen-bond acceptors (Lipinski definition) is 6. The lowest BCUT2D eigenvalue weighted by Crippen LogP contribution is -2.41. The number of hydrogen-bond donors (Lipinski definition) is 0. The predicted molar refractivity (Wildman–Crippen MR) is 144 cm³/mol. The number of piperidine rings is 1. The molecule has 1 aromatic carbocycles. The van der Waals surface area contributed by atoms with Gasteiger partial charge < -0.3 is 9.64 Å². The molecule has 0 amide bonds. The monoisotopic (exact) mass is 507 g/mol. The highest BCUT2D eigenvalue weighted by molar-refractivity contribution is 7.18. The van der Waals surface area contributed by atoms with Crippen molar-refractivity contribution in [3.63, 3.8) is 0 Å². The fraction of sp³-hybridized carbons (Fsp3) is 0.464. The molecule has 4 heterocycles. The molecule has 0 spiro atoms. The van der Waals surface area contributed by atoms with E-state index in [0.717, 1.165) is 57.2 Å². The number of allylic oxidation sites excluding steroid dienone is 3. The smallest absolute Gasteiger partial charge is 0.294 e. The summed E-state index contributed by atoms with van der Waals surface area (Å²) in [5, 5.41) is 5.16. The number of aryl methyl sites for hydroxylation is 1. The Morgan fingerprint density at radius 3 is 2.83 bits per heavy atom. The Morgan fingerprint density at radius 1 is 1.25 bits per heavy atom. The van der Waals surface area contributed by atoms with Crippen LogP contribution in [0.4, 0.5) is 4.39 Å². The molecular weight excluding hydrogens is 473 g/mol. The van der Waals surface area contributed by atoms with E-state index in [9.17, 15) is 4.39 Å². The maximum absolute atomic E-state index is 14.4. The lowest BCUT2D eigenvalue weighted by Gasteiger charge is -2.36. The SMILES string of the molecule is CCC1=C/N=C(N2CCC([C@H](C)Oc3nn4cc(-c5ccc(C)cc5F)nc4s3)CC2)CCC/C=C\1. The Labute approximate surface area is 216 Å². The van der Waals surface area contributed by atoms with Gasteiger partial charge in [-0.1, -0.05) is 25.1 Å². The highest BCUT2D eigenvalue weighted by atomic mass is 32.1. The zero-order chi connectivity index (χ0) is 25.1. The second-order valence-corrected chi connectivity index (χ2v) is 10.7. The average molecular weight is 508 g/mol. The van der Waals surface area contributed by atoms with Crippen LogP contribution in [0.1, 0.15) is 57.9 Å². The van der Waals surface area contributed by atoms with Crippen molar-refractivity contribution >= 4 is 22.1 Å². The number of ether oxygens (including phenoxy) is 1. The van der Waals surface area contributed by atoms with Gasteiger partial charge in [-0.2, -0.15) is 0 Å². The average Bonchev–Trinajstić information content (AvgIpc) is 3.45. The molecule has 0 aliphatic carbocycles. The molecule has 1 saturated heterocycles. The molecule has 2 aliphatic rings. The van der Waals surface area contributed by atoms with E-state index in [-0.39, 0.29) is 11.9 Å². The maximum Gasteiger partial charge on any atom is 0.294 e. The van der Waals surface area contributed by atoms with Crippen LogP contribution in [-0.2, 0) is 0 Å². The summed E-state index contributed by atoms with van der Waals surface area (Å²) < 4.78 is 22.3. The number of rotatable bonds is 5. The molecule has 2 aromatic heterocycles. The summed E-state index contributed by atoms with van der Waals surface area (Å²) >= 11 is 1.40. The minimum absolute atomic E-state index is 0.0651. The number of nitrogens with zero attached hydrogens (tertiary/aromatic N) is 5. The molecular formula is C28H34FN5OS. The molecule has 0 bridgehead atoms. The van der Waals surface area contributed by atoms with Crippen molar-refractivity contribution in [2.24, 2.45) is 10.9 Å². The standard InChI is InChI=1S/C28H34FN5OS/c1-4-21-8-6-5-7-9-26(30-17-21)33-14-12-22(13-15-33)20(3)35-28-32-34-18-25(31-27(34)36-28)23-11-10-19(2)16-24(23)29/h6,8,10-11,16-18,20,22H,4-5,7,9,12-15H2,1-3H3/b8-6-,21-17-,30-26?/t20-/m0/s1. The highest BCUT2D eigenvalue weighted by Crippen LogP contribution is 2.30. The molecule has 3 aromatic rings. The fourth-order valence-electron chi connectivity index (χ4n) is 4.90. The first-order valence-corrected chi connectivity index (χ1v) is 13.8. The van der Waals surface area contributed by atoms with Gasteiger partial charge in [-0.15, -0.1) is 5.10 Å². The lowest BCUT2D eigenvalue weighted by molar-refractivity contribution is 0.107.